The van der Waals surface area contributed by atoms with Crippen LogP contribution in [-0.4, -0.2) is 40.0 Å². The first-order valence-electron chi connectivity index (χ1n) is 3.96. The van der Waals surface area contributed by atoms with Crippen molar-refractivity contribution in [2.45, 2.75) is 18.9 Å². The van der Waals surface area contributed by atoms with Gasteiger partial charge in [-0.25, -0.2) is 5.84 Å². The number of hydrazine groups is 1. The molecule has 8 heteroatoms. The lowest BCUT2D eigenvalue weighted by Gasteiger charge is -2.16. The largest absolute Gasteiger partial charge is 0.480 e. The zero-order chi connectivity index (χ0) is 11.1. The van der Waals surface area contributed by atoms with Gasteiger partial charge < -0.3 is 16.6 Å². The summed E-state index contributed by atoms with van der Waals surface area (Å²) in [6.45, 7) is 0.306. The Hall–Kier alpha value is -1.38. The number of guanidine groups is 1. The maximum atomic E-state index is 10.5. The van der Waals surface area contributed by atoms with Gasteiger partial charge in [-0.3, -0.25) is 15.0 Å². The highest BCUT2D eigenvalue weighted by molar-refractivity contribution is 5.75. The van der Waals surface area contributed by atoms with E-state index >= 15 is 0 Å². The number of carbonyl (C=O) groups is 1. The zero-order valence-electron chi connectivity index (χ0n) is 7.63. The Morgan fingerprint density at radius 3 is 2.43 bits per heavy atom. The van der Waals surface area contributed by atoms with Crippen LogP contribution in [0.25, 0.3) is 0 Å². The molecule has 0 aromatic heterocycles. The maximum Gasteiger partial charge on any atom is 0.324 e. The predicted molar refractivity (Wildman–Crippen MR) is 49.1 cm³/mol. The van der Waals surface area contributed by atoms with E-state index in [1.54, 1.807) is 0 Å². The van der Waals surface area contributed by atoms with Crippen LogP contribution >= 0.6 is 0 Å². The summed E-state index contributed by atoms with van der Waals surface area (Å²) in [4.78, 5) is 14.2. The first-order valence-corrected chi connectivity index (χ1v) is 3.96. The Bertz CT molecular complexity index is 214. The third-order valence-corrected chi connectivity index (χ3v) is 1.53. The highest BCUT2D eigenvalue weighted by atomic mass is 16.5. The normalized spacial score (nSPS) is 12.5. The Balaban J connectivity index is 3.84. The number of rotatable bonds is 6. The van der Waals surface area contributed by atoms with E-state index in [1.807, 2.05) is 0 Å². The molecule has 0 aliphatic heterocycles. The summed E-state index contributed by atoms with van der Waals surface area (Å²) in [7, 11) is 0. The van der Waals surface area contributed by atoms with Gasteiger partial charge in [-0.1, -0.05) is 0 Å². The van der Waals surface area contributed by atoms with Crippen LogP contribution in [0.5, 0.6) is 0 Å². The summed E-state index contributed by atoms with van der Waals surface area (Å²) in [6.07, 6.45) is 0.586. The lowest BCUT2D eigenvalue weighted by atomic mass is 10.1. The Morgan fingerprint density at radius 1 is 1.50 bits per heavy atom. The van der Waals surface area contributed by atoms with Gasteiger partial charge in [0.25, 0.3) is 0 Å². The number of nitrogens with two attached hydrogens (primary N) is 3. The quantitative estimate of drug-likeness (QED) is 0.111. The molecule has 0 aromatic carbocycles. The summed E-state index contributed by atoms with van der Waals surface area (Å²) < 4.78 is 0. The molecular weight excluding hydrogens is 190 g/mol. The van der Waals surface area contributed by atoms with Gasteiger partial charge in [0, 0.05) is 6.54 Å². The molecule has 0 rings (SSSR count). The maximum absolute atomic E-state index is 10.5. The lowest BCUT2D eigenvalue weighted by molar-refractivity contribution is -0.171. The van der Waals surface area contributed by atoms with Crippen LogP contribution in [0, 0.1) is 0 Å². The van der Waals surface area contributed by atoms with E-state index in [2.05, 4.69) is 4.99 Å². The molecule has 0 aliphatic rings. The number of carboxylic acid groups (broad SMARTS) is 1. The van der Waals surface area contributed by atoms with Crippen LogP contribution < -0.4 is 17.3 Å². The molecule has 8 nitrogen and oxygen atoms in total. The number of carboxylic acids is 1. The molecule has 1 atom stereocenters. The molecule has 0 saturated heterocycles. The highest BCUT2D eigenvalue weighted by Crippen LogP contribution is 2.01. The van der Waals surface area contributed by atoms with Crippen molar-refractivity contribution >= 4 is 11.9 Å². The van der Waals surface area contributed by atoms with Crippen molar-refractivity contribution < 1.29 is 15.1 Å². The second-order valence-corrected chi connectivity index (χ2v) is 2.68. The topological polar surface area (TPSA) is 151 Å². The number of aliphatic imine (C=N–C) groups is 1. The van der Waals surface area contributed by atoms with Crippen molar-refractivity contribution in [2.24, 2.45) is 22.3 Å². The monoisotopic (exact) mass is 205 g/mol. The number of hydroxylamine groups is 1. The average Bonchev–Trinajstić information content (AvgIpc) is 2.01. The third kappa shape index (κ3) is 5.30. The molecule has 82 valence electrons. The van der Waals surface area contributed by atoms with E-state index in [0.29, 0.717) is 13.0 Å². The van der Waals surface area contributed by atoms with E-state index in [9.17, 15) is 4.79 Å². The van der Waals surface area contributed by atoms with Gasteiger partial charge in [0.15, 0.2) is 5.96 Å². The van der Waals surface area contributed by atoms with Gasteiger partial charge in [0.05, 0.1) is 0 Å². The van der Waals surface area contributed by atoms with Gasteiger partial charge >= 0.3 is 5.97 Å². The lowest BCUT2D eigenvalue weighted by Crippen LogP contribution is -2.43. The summed E-state index contributed by atoms with van der Waals surface area (Å²) in [5, 5.41) is 17.5. The van der Waals surface area contributed by atoms with Crippen molar-refractivity contribution in [1.82, 2.24) is 5.17 Å². The van der Waals surface area contributed by atoms with E-state index in [4.69, 9.17) is 27.6 Å². The molecular formula is C6H15N5O3. The summed E-state index contributed by atoms with van der Waals surface area (Å²) in [6, 6.07) is -1.14. The van der Waals surface area contributed by atoms with Gasteiger partial charge in [0.1, 0.15) is 6.04 Å². The molecule has 0 amide bonds. The minimum atomic E-state index is -1.19. The van der Waals surface area contributed by atoms with Crippen LogP contribution in [0.15, 0.2) is 4.99 Å². The van der Waals surface area contributed by atoms with E-state index < -0.39 is 12.0 Å². The second kappa shape index (κ2) is 6.13. The second-order valence-electron chi connectivity index (χ2n) is 2.68. The molecule has 8 N–H and O–H groups in total. The molecule has 0 heterocycles. The fourth-order valence-electron chi connectivity index (χ4n) is 0.862. The number of hydrogen-bond acceptors (Lipinski definition) is 5. The number of aliphatic carboxylic acids is 1. The molecule has 0 spiro atoms. The van der Waals surface area contributed by atoms with Crippen molar-refractivity contribution in [3.8, 4) is 0 Å². The summed E-state index contributed by atoms with van der Waals surface area (Å²) in [5.41, 5.74) is 10.1. The zero-order valence-corrected chi connectivity index (χ0v) is 7.63. The Kier molecular flexibility index (Phi) is 5.53. The summed E-state index contributed by atoms with van der Waals surface area (Å²) in [5.74, 6) is 3.66. The Morgan fingerprint density at radius 2 is 2.07 bits per heavy atom. The van der Waals surface area contributed by atoms with Crippen molar-refractivity contribution in [3.05, 3.63) is 0 Å². The van der Waals surface area contributed by atoms with Crippen molar-refractivity contribution in [1.29, 1.82) is 0 Å². The molecule has 0 saturated carbocycles. The standard InChI is InChI=1S/C6H15N5O3/c7-6(8)10-3-1-2-4(5(12)13)11(9)14/h4,14H,1-3,9H2,(H,12,13)(H4,7,8,10)/t4-/m0/s1. The third-order valence-electron chi connectivity index (χ3n) is 1.53. The predicted octanol–water partition coefficient (Wildman–Crippen LogP) is -1.94. The van der Waals surface area contributed by atoms with Crippen LogP contribution in [0.1, 0.15) is 12.8 Å². The fraction of sp³-hybridized carbons (Fsp3) is 0.667. The molecule has 0 radical (unpaired) electrons. The van der Waals surface area contributed by atoms with Crippen LogP contribution in [0.4, 0.5) is 0 Å². The van der Waals surface area contributed by atoms with Gasteiger partial charge in [0.2, 0.25) is 0 Å². The molecule has 14 heavy (non-hydrogen) atoms. The first kappa shape index (κ1) is 12.6. The van der Waals surface area contributed by atoms with Crippen LogP contribution in [0.3, 0.4) is 0 Å². The van der Waals surface area contributed by atoms with Gasteiger partial charge in [-0.05, 0) is 12.8 Å². The molecule has 0 bridgehead atoms. The first-order chi connectivity index (χ1) is 6.45. The van der Waals surface area contributed by atoms with Crippen LogP contribution in [0.2, 0.25) is 0 Å². The van der Waals surface area contributed by atoms with E-state index in [-0.39, 0.29) is 17.6 Å². The summed E-state index contributed by atoms with van der Waals surface area (Å²) >= 11 is 0. The molecule has 0 aromatic rings. The SMILES string of the molecule is NC(N)=NCCC[C@@H](C(=O)O)N(N)O. The highest BCUT2D eigenvalue weighted by Gasteiger charge is 2.21. The average molecular weight is 205 g/mol. The number of hydrogen-bond donors (Lipinski definition) is 5. The molecule has 0 unspecified atom stereocenters. The van der Waals surface area contributed by atoms with Gasteiger partial charge in [-0.15, -0.1) is 5.17 Å². The minimum absolute atomic E-state index is 0.0505. The Labute approximate surface area is 80.9 Å². The van der Waals surface area contributed by atoms with Gasteiger partial charge in [-0.2, -0.15) is 0 Å². The van der Waals surface area contributed by atoms with Crippen LogP contribution in [-0.2, 0) is 4.79 Å². The number of nitrogens with zero attached hydrogens (tertiary/aromatic N) is 2. The van der Waals surface area contributed by atoms with E-state index in [1.165, 1.54) is 0 Å². The van der Waals surface area contributed by atoms with E-state index in [0.717, 1.165) is 0 Å². The molecule has 0 fully saturated rings. The fourth-order valence-corrected chi connectivity index (χ4v) is 0.862. The van der Waals surface area contributed by atoms with Crippen molar-refractivity contribution in [2.75, 3.05) is 6.54 Å². The molecule has 0 aliphatic carbocycles. The smallest absolute Gasteiger partial charge is 0.324 e. The van der Waals surface area contributed by atoms with Crippen molar-refractivity contribution in [3.63, 3.8) is 0 Å². The minimum Gasteiger partial charge on any atom is -0.480 e.